The highest BCUT2D eigenvalue weighted by Gasteiger charge is 2.50. The van der Waals surface area contributed by atoms with Crippen molar-refractivity contribution >= 4 is 17.4 Å². The number of carbonyl (C=O) groups excluding carboxylic acids is 1. The summed E-state index contributed by atoms with van der Waals surface area (Å²) >= 11 is 0. The smallest absolute Gasteiger partial charge is 0.244 e. The standard InChI is InChI=1S/C27H21N5O3/c28-16-27(13-14-27)26(33)32-19-6-4-5-18(15-19)23-24(29)30-17-31-25(23)35-22-11-9-21(10-12-22)34-20-7-2-1-3-8-20/h1-12,15,17H,13-14H2,(H,32,33)(H2,29,30,31). The molecule has 1 aliphatic carbocycles. The fourth-order valence-corrected chi connectivity index (χ4v) is 3.56. The molecule has 1 aliphatic rings. The maximum absolute atomic E-state index is 12.5. The van der Waals surface area contributed by atoms with E-state index in [4.69, 9.17) is 15.2 Å². The van der Waals surface area contributed by atoms with Gasteiger partial charge in [-0.2, -0.15) is 5.26 Å². The molecule has 172 valence electrons. The van der Waals surface area contributed by atoms with E-state index in [2.05, 4.69) is 21.4 Å². The van der Waals surface area contributed by atoms with Crippen molar-refractivity contribution in [3.63, 3.8) is 0 Å². The van der Waals surface area contributed by atoms with E-state index in [1.165, 1.54) is 6.33 Å². The summed E-state index contributed by atoms with van der Waals surface area (Å²) in [5.74, 6) is 2.15. The predicted octanol–water partition coefficient (Wildman–Crippen LogP) is 5.55. The van der Waals surface area contributed by atoms with E-state index in [1.54, 1.807) is 42.5 Å². The number of amides is 1. The van der Waals surface area contributed by atoms with E-state index in [-0.39, 0.29) is 17.6 Å². The molecule has 0 saturated heterocycles. The Morgan fingerprint density at radius 3 is 2.29 bits per heavy atom. The van der Waals surface area contributed by atoms with Crippen LogP contribution in [0, 0.1) is 16.7 Å². The molecule has 35 heavy (non-hydrogen) atoms. The minimum Gasteiger partial charge on any atom is -0.457 e. The number of benzene rings is 3. The van der Waals surface area contributed by atoms with Crippen LogP contribution in [0.3, 0.4) is 0 Å². The molecule has 1 fully saturated rings. The van der Waals surface area contributed by atoms with Crippen LogP contribution in [0.15, 0.2) is 85.2 Å². The van der Waals surface area contributed by atoms with Crippen LogP contribution >= 0.6 is 0 Å². The Hall–Kier alpha value is -4.90. The van der Waals surface area contributed by atoms with Crippen molar-refractivity contribution in [2.45, 2.75) is 12.8 Å². The number of para-hydroxylation sites is 1. The molecule has 0 bridgehead atoms. The lowest BCUT2D eigenvalue weighted by molar-refractivity contribution is -0.119. The van der Waals surface area contributed by atoms with Crippen LogP contribution in [-0.2, 0) is 4.79 Å². The van der Waals surface area contributed by atoms with Crippen LogP contribution < -0.4 is 20.5 Å². The minimum absolute atomic E-state index is 0.234. The molecule has 8 nitrogen and oxygen atoms in total. The van der Waals surface area contributed by atoms with Gasteiger partial charge in [-0.25, -0.2) is 9.97 Å². The lowest BCUT2D eigenvalue weighted by Crippen LogP contribution is -2.22. The van der Waals surface area contributed by atoms with Crippen molar-refractivity contribution in [2.75, 3.05) is 11.1 Å². The second-order valence-corrected chi connectivity index (χ2v) is 8.16. The second kappa shape index (κ2) is 9.15. The summed E-state index contributed by atoms with van der Waals surface area (Å²) < 4.78 is 11.9. The number of nitrogens with zero attached hydrogens (tertiary/aromatic N) is 3. The average Bonchev–Trinajstić information content (AvgIpc) is 3.68. The third-order valence-electron chi connectivity index (χ3n) is 5.67. The van der Waals surface area contributed by atoms with E-state index < -0.39 is 5.41 Å². The lowest BCUT2D eigenvalue weighted by Gasteiger charge is -2.14. The zero-order valence-corrected chi connectivity index (χ0v) is 18.6. The molecule has 3 N–H and O–H groups in total. The van der Waals surface area contributed by atoms with Gasteiger partial charge in [0.05, 0.1) is 11.6 Å². The molecule has 0 radical (unpaired) electrons. The maximum atomic E-state index is 12.5. The molecule has 1 saturated carbocycles. The Balaban J connectivity index is 1.37. The highest BCUT2D eigenvalue weighted by Crippen LogP contribution is 2.46. The number of hydrogen-bond donors (Lipinski definition) is 2. The number of ether oxygens (including phenoxy) is 2. The molecule has 1 aromatic heterocycles. The Morgan fingerprint density at radius 1 is 0.914 bits per heavy atom. The van der Waals surface area contributed by atoms with Gasteiger partial charge in [0.1, 0.15) is 34.8 Å². The summed E-state index contributed by atoms with van der Waals surface area (Å²) in [5, 5.41) is 12.1. The van der Waals surface area contributed by atoms with Crippen LogP contribution in [-0.4, -0.2) is 15.9 Å². The number of nitriles is 1. The Morgan fingerprint density at radius 2 is 1.60 bits per heavy atom. The van der Waals surface area contributed by atoms with Crippen LogP contribution in [0.2, 0.25) is 0 Å². The summed E-state index contributed by atoms with van der Waals surface area (Å²) in [6.45, 7) is 0. The molecule has 0 aliphatic heterocycles. The summed E-state index contributed by atoms with van der Waals surface area (Å²) in [5.41, 5.74) is 6.98. The predicted molar refractivity (Wildman–Crippen MR) is 131 cm³/mol. The normalized spacial score (nSPS) is 13.3. The van der Waals surface area contributed by atoms with Crippen molar-refractivity contribution in [3.05, 3.63) is 85.2 Å². The first-order chi connectivity index (χ1) is 17.1. The fraction of sp³-hybridized carbons (Fsp3) is 0.111. The monoisotopic (exact) mass is 463 g/mol. The van der Waals surface area contributed by atoms with E-state index in [9.17, 15) is 10.1 Å². The minimum atomic E-state index is -0.921. The third-order valence-corrected chi connectivity index (χ3v) is 5.67. The van der Waals surface area contributed by atoms with E-state index in [0.717, 1.165) is 5.75 Å². The van der Waals surface area contributed by atoms with E-state index in [1.807, 2.05) is 36.4 Å². The van der Waals surface area contributed by atoms with Gasteiger partial charge in [0.25, 0.3) is 0 Å². The highest BCUT2D eigenvalue weighted by atomic mass is 16.5. The van der Waals surface area contributed by atoms with Gasteiger partial charge in [0, 0.05) is 5.69 Å². The van der Waals surface area contributed by atoms with Gasteiger partial charge in [0.2, 0.25) is 11.8 Å². The number of hydrogen-bond acceptors (Lipinski definition) is 7. The van der Waals surface area contributed by atoms with Gasteiger partial charge < -0.3 is 20.5 Å². The molecule has 3 aromatic carbocycles. The van der Waals surface area contributed by atoms with Gasteiger partial charge in [-0.05, 0) is 66.9 Å². The van der Waals surface area contributed by atoms with Crippen molar-refractivity contribution < 1.29 is 14.3 Å². The number of carbonyl (C=O) groups is 1. The topological polar surface area (TPSA) is 123 Å². The zero-order valence-electron chi connectivity index (χ0n) is 18.6. The molecule has 1 heterocycles. The molecule has 0 unspecified atom stereocenters. The summed E-state index contributed by atoms with van der Waals surface area (Å²) in [4.78, 5) is 20.9. The first-order valence-corrected chi connectivity index (χ1v) is 11.0. The molecule has 4 aromatic rings. The zero-order chi connectivity index (χ0) is 24.3. The molecular weight excluding hydrogens is 442 g/mol. The van der Waals surface area contributed by atoms with Gasteiger partial charge >= 0.3 is 0 Å². The SMILES string of the molecule is N#CC1(C(=O)Nc2cccc(-c3c(N)ncnc3Oc3ccc(Oc4ccccc4)cc3)c2)CC1. The fourth-order valence-electron chi connectivity index (χ4n) is 3.56. The lowest BCUT2D eigenvalue weighted by atomic mass is 10.1. The molecule has 0 spiro atoms. The third kappa shape index (κ3) is 4.75. The molecule has 5 rings (SSSR count). The van der Waals surface area contributed by atoms with Gasteiger partial charge in [-0.3, -0.25) is 4.79 Å². The molecular formula is C27H21N5O3. The van der Waals surface area contributed by atoms with E-state index >= 15 is 0 Å². The number of nitrogen functional groups attached to an aromatic ring is 1. The number of aromatic nitrogens is 2. The maximum Gasteiger partial charge on any atom is 0.244 e. The molecule has 1 amide bonds. The van der Waals surface area contributed by atoms with Crippen LogP contribution in [0.25, 0.3) is 11.1 Å². The average molecular weight is 463 g/mol. The van der Waals surface area contributed by atoms with Crippen molar-refractivity contribution in [2.24, 2.45) is 5.41 Å². The number of nitrogens with one attached hydrogen (secondary N) is 1. The summed E-state index contributed by atoms with van der Waals surface area (Å²) in [7, 11) is 0. The van der Waals surface area contributed by atoms with Crippen LogP contribution in [0.5, 0.6) is 23.1 Å². The van der Waals surface area contributed by atoms with Gasteiger partial charge in [-0.15, -0.1) is 0 Å². The number of nitrogens with two attached hydrogens (primary N) is 1. The van der Waals surface area contributed by atoms with Crippen LogP contribution in [0.4, 0.5) is 11.5 Å². The number of rotatable bonds is 7. The quantitative estimate of drug-likeness (QED) is 0.368. The first-order valence-electron chi connectivity index (χ1n) is 11.0. The van der Waals surface area contributed by atoms with Gasteiger partial charge in [-0.1, -0.05) is 30.3 Å². The second-order valence-electron chi connectivity index (χ2n) is 8.16. The Labute approximate surface area is 202 Å². The Kier molecular flexibility index (Phi) is 5.73. The van der Waals surface area contributed by atoms with Gasteiger partial charge in [0.15, 0.2) is 0 Å². The highest BCUT2D eigenvalue weighted by molar-refractivity contribution is 5.99. The summed E-state index contributed by atoms with van der Waals surface area (Å²) in [6, 6.07) is 25.8. The number of anilines is 2. The van der Waals surface area contributed by atoms with Crippen molar-refractivity contribution in [3.8, 4) is 40.3 Å². The molecule has 0 atom stereocenters. The van der Waals surface area contributed by atoms with Crippen LogP contribution in [0.1, 0.15) is 12.8 Å². The van der Waals surface area contributed by atoms with Crippen molar-refractivity contribution in [1.29, 1.82) is 5.26 Å². The Bertz CT molecular complexity index is 1410. The largest absolute Gasteiger partial charge is 0.457 e. The summed E-state index contributed by atoms with van der Waals surface area (Å²) in [6.07, 6.45) is 2.47. The van der Waals surface area contributed by atoms with E-state index in [0.29, 0.717) is 41.2 Å². The van der Waals surface area contributed by atoms with Crippen molar-refractivity contribution in [1.82, 2.24) is 9.97 Å². The molecule has 8 heteroatoms. The first kappa shape index (κ1) is 21.9.